The quantitative estimate of drug-likeness (QED) is 0.521. The molecule has 2 aliphatic rings. The van der Waals surface area contributed by atoms with Crippen molar-refractivity contribution in [3.8, 4) is 0 Å². The molecule has 0 spiro atoms. The molecule has 1 atom stereocenters. The molecule has 0 saturated heterocycles. The number of nitrogens with zero attached hydrogens (tertiary/aromatic N) is 2. The highest BCUT2D eigenvalue weighted by Gasteiger charge is 2.42. The van der Waals surface area contributed by atoms with Crippen molar-refractivity contribution in [1.82, 2.24) is 9.78 Å². The average molecular weight is 461 g/mol. The van der Waals surface area contributed by atoms with Crippen LogP contribution in [-0.4, -0.2) is 21.5 Å². The maximum Gasteiger partial charge on any atom is 0.261 e. The minimum absolute atomic E-state index is 0.0748. The number of fused-ring (bicyclic) bond motifs is 1. The Hall–Kier alpha value is -3.38. The summed E-state index contributed by atoms with van der Waals surface area (Å²) >= 11 is 6.58. The fourth-order valence-electron chi connectivity index (χ4n) is 4.76. The van der Waals surface area contributed by atoms with E-state index in [-0.39, 0.29) is 17.1 Å². The van der Waals surface area contributed by atoms with E-state index in [9.17, 15) is 9.59 Å². The average Bonchev–Trinajstić information content (AvgIpc) is 3.17. The third-order valence-electron chi connectivity index (χ3n) is 6.34. The molecule has 1 aliphatic carbocycles. The number of nitrogens with one attached hydrogen (secondary N) is 2. The molecular formula is C26H25ClN4O2. The van der Waals surface area contributed by atoms with Crippen molar-refractivity contribution < 1.29 is 9.59 Å². The molecule has 1 aromatic heterocycles. The Kier molecular flexibility index (Phi) is 5.13. The van der Waals surface area contributed by atoms with Gasteiger partial charge < -0.3 is 10.6 Å². The molecule has 2 N–H and O–H groups in total. The number of benzene rings is 2. The van der Waals surface area contributed by atoms with Crippen LogP contribution in [0.4, 0.5) is 11.5 Å². The van der Waals surface area contributed by atoms with Gasteiger partial charge in [-0.15, -0.1) is 0 Å². The van der Waals surface area contributed by atoms with Crippen molar-refractivity contribution >= 4 is 34.8 Å². The Morgan fingerprint density at radius 2 is 1.88 bits per heavy atom. The van der Waals surface area contributed by atoms with Crippen LogP contribution in [0.3, 0.4) is 0 Å². The number of amides is 1. The first-order valence-electron chi connectivity index (χ1n) is 11.0. The summed E-state index contributed by atoms with van der Waals surface area (Å²) in [5.74, 6) is 0.377. The number of ketones is 1. The number of hydrogen-bond donors (Lipinski definition) is 2. The van der Waals surface area contributed by atoms with Gasteiger partial charge in [-0.2, -0.15) is 5.10 Å². The number of halogens is 1. The van der Waals surface area contributed by atoms with Gasteiger partial charge in [-0.25, -0.2) is 4.68 Å². The number of rotatable bonds is 3. The minimum atomic E-state index is -0.492. The van der Waals surface area contributed by atoms with Crippen LogP contribution in [-0.2, 0) is 4.79 Å². The van der Waals surface area contributed by atoms with Crippen molar-refractivity contribution in [2.75, 3.05) is 10.6 Å². The summed E-state index contributed by atoms with van der Waals surface area (Å²) in [4.78, 5) is 26.6. The van der Waals surface area contributed by atoms with Gasteiger partial charge in [0.15, 0.2) is 5.78 Å². The van der Waals surface area contributed by atoms with Crippen LogP contribution >= 0.6 is 11.6 Å². The highest BCUT2D eigenvalue weighted by atomic mass is 35.5. The lowest BCUT2D eigenvalue weighted by atomic mass is 9.73. The summed E-state index contributed by atoms with van der Waals surface area (Å²) in [5.41, 5.74) is 4.24. The molecule has 33 heavy (non-hydrogen) atoms. The molecule has 0 fully saturated rings. The number of carbonyl (C=O) groups is 2. The number of carbonyl (C=O) groups excluding carboxylic acids is 2. The van der Waals surface area contributed by atoms with Crippen LogP contribution in [0.2, 0.25) is 5.02 Å². The largest absolute Gasteiger partial charge is 0.343 e. The second kappa shape index (κ2) is 7.89. The number of para-hydroxylation sites is 1. The number of anilines is 2. The number of aromatic nitrogens is 2. The van der Waals surface area contributed by atoms with E-state index in [0.717, 1.165) is 22.5 Å². The fraction of sp³-hybridized carbons (Fsp3) is 0.269. The summed E-state index contributed by atoms with van der Waals surface area (Å²) in [6, 6.07) is 14.6. The molecule has 2 heterocycles. The lowest BCUT2D eigenvalue weighted by molar-refractivity contribution is -0.118. The monoisotopic (exact) mass is 460 g/mol. The zero-order chi connectivity index (χ0) is 23.3. The van der Waals surface area contributed by atoms with Crippen LogP contribution in [0, 0.1) is 12.3 Å². The second-order valence-corrected chi connectivity index (χ2v) is 9.91. The van der Waals surface area contributed by atoms with E-state index in [4.69, 9.17) is 11.6 Å². The van der Waals surface area contributed by atoms with Gasteiger partial charge in [0.1, 0.15) is 17.4 Å². The first-order valence-corrected chi connectivity index (χ1v) is 11.4. The van der Waals surface area contributed by atoms with Crippen LogP contribution in [0.25, 0.3) is 0 Å². The van der Waals surface area contributed by atoms with E-state index in [1.165, 1.54) is 0 Å². The van der Waals surface area contributed by atoms with E-state index < -0.39 is 6.04 Å². The molecule has 0 radical (unpaired) electrons. The van der Waals surface area contributed by atoms with E-state index >= 15 is 0 Å². The summed E-state index contributed by atoms with van der Waals surface area (Å²) in [5, 5.41) is 11.5. The number of allylic oxidation sites excluding steroid dienone is 2. The third-order valence-corrected chi connectivity index (χ3v) is 6.68. The van der Waals surface area contributed by atoms with E-state index in [1.807, 2.05) is 55.5 Å². The van der Waals surface area contributed by atoms with Gasteiger partial charge in [0.05, 0.1) is 6.20 Å². The molecule has 7 heteroatoms. The van der Waals surface area contributed by atoms with Crippen LogP contribution in [0.15, 0.2) is 66.0 Å². The standard InChI is InChI=1S/C26H25ClN4O2/c1-15-8-4-7-11-19(15)30-25(33)17-14-28-31-23(16-9-5-6-10-18(16)27)22-20(29-24(17)31)12-26(2,3)13-21(22)32/h4-11,14,23,29H,12-13H2,1-3H3,(H,30,33). The molecular weight excluding hydrogens is 436 g/mol. The predicted octanol–water partition coefficient (Wildman–Crippen LogP) is 5.76. The van der Waals surface area contributed by atoms with Crippen LogP contribution in [0.5, 0.6) is 0 Å². The highest BCUT2D eigenvalue weighted by molar-refractivity contribution is 6.31. The molecule has 1 unspecified atom stereocenters. The van der Waals surface area contributed by atoms with Crippen molar-refractivity contribution in [2.45, 2.75) is 39.7 Å². The zero-order valence-corrected chi connectivity index (χ0v) is 19.5. The smallest absolute Gasteiger partial charge is 0.261 e. The second-order valence-electron chi connectivity index (χ2n) is 9.50. The Balaban J connectivity index is 1.62. The van der Waals surface area contributed by atoms with Gasteiger partial charge in [-0.1, -0.05) is 61.8 Å². The topological polar surface area (TPSA) is 76.0 Å². The van der Waals surface area contributed by atoms with Gasteiger partial charge >= 0.3 is 0 Å². The normalized spacial score (nSPS) is 18.9. The predicted molar refractivity (Wildman–Crippen MR) is 130 cm³/mol. The van der Waals surface area contributed by atoms with Crippen molar-refractivity contribution in [2.24, 2.45) is 5.41 Å². The SMILES string of the molecule is Cc1ccccc1NC(=O)c1cnn2c1NC1=C(C(=O)CC(C)(C)C1)C2c1ccccc1Cl. The van der Waals surface area contributed by atoms with Gasteiger partial charge in [0.25, 0.3) is 5.91 Å². The number of aryl methyl sites for hydroxylation is 1. The summed E-state index contributed by atoms with van der Waals surface area (Å²) in [6.45, 7) is 6.11. The number of hydrogen-bond acceptors (Lipinski definition) is 4. The lowest BCUT2D eigenvalue weighted by Crippen LogP contribution is -2.37. The molecule has 0 saturated carbocycles. The van der Waals surface area contributed by atoms with Gasteiger partial charge in [-0.05, 0) is 42.0 Å². The molecule has 2 aromatic carbocycles. The Bertz CT molecular complexity index is 1320. The Labute approximate surface area is 197 Å². The molecule has 5 rings (SSSR count). The van der Waals surface area contributed by atoms with E-state index in [2.05, 4.69) is 29.6 Å². The molecule has 0 bridgehead atoms. The maximum atomic E-state index is 13.3. The summed E-state index contributed by atoms with van der Waals surface area (Å²) in [7, 11) is 0. The van der Waals surface area contributed by atoms with Gasteiger partial charge in [0, 0.05) is 28.4 Å². The van der Waals surface area contributed by atoms with Crippen molar-refractivity contribution in [1.29, 1.82) is 0 Å². The minimum Gasteiger partial charge on any atom is -0.343 e. The zero-order valence-electron chi connectivity index (χ0n) is 18.8. The van der Waals surface area contributed by atoms with Gasteiger partial charge in [-0.3, -0.25) is 9.59 Å². The molecule has 1 amide bonds. The lowest BCUT2D eigenvalue weighted by Gasteiger charge is -2.39. The first-order chi connectivity index (χ1) is 15.7. The summed E-state index contributed by atoms with van der Waals surface area (Å²) in [6.07, 6.45) is 2.69. The molecule has 3 aromatic rings. The highest BCUT2D eigenvalue weighted by Crippen LogP contribution is 2.47. The Morgan fingerprint density at radius 1 is 1.15 bits per heavy atom. The van der Waals surface area contributed by atoms with Crippen LogP contribution < -0.4 is 10.6 Å². The Morgan fingerprint density at radius 3 is 2.64 bits per heavy atom. The van der Waals surface area contributed by atoms with E-state index in [0.29, 0.717) is 34.8 Å². The van der Waals surface area contributed by atoms with Crippen LogP contribution in [0.1, 0.15) is 54.2 Å². The van der Waals surface area contributed by atoms with Crippen molar-refractivity contribution in [3.05, 3.63) is 87.7 Å². The van der Waals surface area contributed by atoms with Gasteiger partial charge in [0.2, 0.25) is 0 Å². The molecule has 1 aliphatic heterocycles. The third kappa shape index (κ3) is 3.74. The molecule has 6 nitrogen and oxygen atoms in total. The van der Waals surface area contributed by atoms with Crippen molar-refractivity contribution in [3.63, 3.8) is 0 Å². The number of Topliss-reactive ketones (excluding diaryl/α,β-unsaturated/α-hetero) is 1. The first kappa shape index (κ1) is 21.5. The molecule has 168 valence electrons. The fourth-order valence-corrected chi connectivity index (χ4v) is 5.00. The summed E-state index contributed by atoms with van der Waals surface area (Å²) < 4.78 is 1.71. The van der Waals surface area contributed by atoms with E-state index in [1.54, 1.807) is 10.9 Å². The maximum absolute atomic E-state index is 13.3.